The number of anilines is 1. The summed E-state index contributed by atoms with van der Waals surface area (Å²) in [6.07, 6.45) is 3.04. The number of hydrogen-bond acceptors (Lipinski definition) is 6. The molecular weight excluding hydrogens is 428 g/mol. The minimum atomic E-state index is -4.31. The van der Waals surface area contributed by atoms with Crippen molar-refractivity contribution >= 4 is 27.3 Å². The van der Waals surface area contributed by atoms with Gasteiger partial charge in [0.15, 0.2) is 4.91 Å². The number of fused-ring (bicyclic) bond motifs is 1. The molecule has 1 aliphatic carbocycles. The van der Waals surface area contributed by atoms with Gasteiger partial charge in [-0.15, -0.1) is 0 Å². The Bertz CT molecular complexity index is 1160. The van der Waals surface area contributed by atoms with Gasteiger partial charge in [0, 0.05) is 29.9 Å². The summed E-state index contributed by atoms with van der Waals surface area (Å²) in [6, 6.07) is 13.4. The number of nitrogens with zero attached hydrogens (tertiary/aromatic N) is 1. The Balaban J connectivity index is 1.74. The van der Waals surface area contributed by atoms with E-state index < -0.39 is 26.5 Å². The van der Waals surface area contributed by atoms with Gasteiger partial charge in [-0.3, -0.25) is 14.3 Å². The van der Waals surface area contributed by atoms with Crippen molar-refractivity contribution in [3.8, 4) is 0 Å². The molecule has 4 rings (SSSR count). The Hall–Kier alpha value is -2.97. The van der Waals surface area contributed by atoms with Crippen molar-refractivity contribution in [2.24, 2.45) is 0 Å². The Morgan fingerprint density at radius 1 is 0.938 bits per heavy atom. The molecule has 2 aromatic rings. The van der Waals surface area contributed by atoms with Gasteiger partial charge in [-0.2, -0.15) is 0 Å². The number of hydrogen-bond donors (Lipinski definition) is 1. The van der Waals surface area contributed by atoms with Crippen LogP contribution in [0.3, 0.4) is 0 Å². The number of ketones is 2. The summed E-state index contributed by atoms with van der Waals surface area (Å²) in [6.45, 7) is 3.49. The standard InChI is InChI=1S/C24H26N2O5S/c1-2-3-6-17-9-11-18(12-10-17)25-32(29,30)24-21(26-13-15-31-16-14-26)22(27)19-7-4-5-8-20(19)23(24)28/h4-5,7-12,25H,2-3,6,13-16H2,1H3. The monoisotopic (exact) mass is 454 g/mol. The summed E-state index contributed by atoms with van der Waals surface area (Å²) in [5.41, 5.74) is 1.70. The molecule has 8 heteroatoms. The van der Waals surface area contributed by atoms with Gasteiger partial charge in [-0.05, 0) is 30.5 Å². The fourth-order valence-electron chi connectivity index (χ4n) is 3.99. The number of nitrogens with one attached hydrogen (secondary N) is 1. The molecule has 32 heavy (non-hydrogen) atoms. The number of rotatable bonds is 7. The fourth-order valence-corrected chi connectivity index (χ4v) is 5.37. The Labute approximate surface area is 188 Å². The van der Waals surface area contributed by atoms with Gasteiger partial charge >= 0.3 is 0 Å². The van der Waals surface area contributed by atoms with Crippen LogP contribution in [0.1, 0.15) is 46.0 Å². The summed E-state index contributed by atoms with van der Waals surface area (Å²) in [7, 11) is -4.31. The molecule has 0 amide bonds. The minimum absolute atomic E-state index is 0.0796. The van der Waals surface area contributed by atoms with E-state index in [1.807, 2.05) is 12.1 Å². The highest BCUT2D eigenvalue weighted by Gasteiger charge is 2.41. The number of morpholine rings is 1. The summed E-state index contributed by atoms with van der Waals surface area (Å²) in [5.74, 6) is -1.13. The molecule has 0 radical (unpaired) electrons. The molecule has 0 spiro atoms. The third-order valence-electron chi connectivity index (χ3n) is 5.67. The van der Waals surface area contributed by atoms with E-state index in [1.165, 1.54) is 6.07 Å². The molecule has 168 valence electrons. The number of carbonyl (C=O) groups is 2. The zero-order chi connectivity index (χ0) is 22.7. The molecule has 1 saturated heterocycles. The van der Waals surface area contributed by atoms with Gasteiger partial charge in [0.1, 0.15) is 5.70 Å². The number of benzene rings is 2. The highest BCUT2D eigenvalue weighted by Crippen LogP contribution is 2.32. The first kappa shape index (κ1) is 22.2. The summed E-state index contributed by atoms with van der Waals surface area (Å²) >= 11 is 0. The van der Waals surface area contributed by atoms with E-state index >= 15 is 0 Å². The zero-order valence-corrected chi connectivity index (χ0v) is 18.8. The highest BCUT2D eigenvalue weighted by molar-refractivity contribution is 7.97. The second-order valence-corrected chi connectivity index (χ2v) is 9.51. The lowest BCUT2D eigenvalue weighted by Crippen LogP contribution is -2.43. The smallest absolute Gasteiger partial charge is 0.268 e. The predicted molar refractivity (Wildman–Crippen MR) is 122 cm³/mol. The topological polar surface area (TPSA) is 92.8 Å². The molecule has 2 aliphatic rings. The maximum absolute atomic E-state index is 13.4. The van der Waals surface area contributed by atoms with Crippen LogP contribution in [0.5, 0.6) is 0 Å². The average Bonchev–Trinajstić information content (AvgIpc) is 2.81. The molecule has 0 atom stereocenters. The SMILES string of the molecule is CCCCc1ccc(NS(=O)(=O)C2=C(N3CCOCC3)C(=O)c3ccccc3C2=O)cc1. The number of ether oxygens (including phenoxy) is 1. The molecule has 0 aromatic heterocycles. The van der Waals surface area contributed by atoms with E-state index in [0.717, 1.165) is 24.8 Å². The maximum atomic E-state index is 13.4. The third-order valence-corrected chi connectivity index (χ3v) is 7.09. The van der Waals surface area contributed by atoms with Crippen LogP contribution < -0.4 is 4.72 Å². The van der Waals surface area contributed by atoms with Gasteiger partial charge in [-0.1, -0.05) is 49.7 Å². The third kappa shape index (κ3) is 4.33. The number of sulfonamides is 1. The Kier molecular flexibility index (Phi) is 6.43. The molecule has 0 bridgehead atoms. The van der Waals surface area contributed by atoms with Crippen LogP contribution in [0, 0.1) is 0 Å². The number of unbranched alkanes of at least 4 members (excludes halogenated alkanes) is 1. The maximum Gasteiger partial charge on any atom is 0.268 e. The van der Waals surface area contributed by atoms with Crippen LogP contribution in [-0.2, 0) is 21.2 Å². The second-order valence-electron chi connectivity index (χ2n) is 7.89. The average molecular weight is 455 g/mol. The summed E-state index contributed by atoms with van der Waals surface area (Å²) in [5, 5.41) is 0. The normalized spacial score (nSPS) is 16.8. The number of allylic oxidation sites excluding steroid dienone is 2. The molecule has 1 aliphatic heterocycles. The molecule has 1 N–H and O–H groups in total. The lowest BCUT2D eigenvalue weighted by atomic mass is 9.91. The van der Waals surface area contributed by atoms with E-state index in [2.05, 4.69) is 11.6 Å². The molecule has 1 heterocycles. The van der Waals surface area contributed by atoms with Crippen molar-refractivity contribution in [2.45, 2.75) is 26.2 Å². The first-order valence-corrected chi connectivity index (χ1v) is 12.3. The van der Waals surface area contributed by atoms with Crippen molar-refractivity contribution in [3.63, 3.8) is 0 Å². The Morgan fingerprint density at radius 3 is 2.19 bits per heavy atom. The van der Waals surface area contributed by atoms with Crippen molar-refractivity contribution < 1.29 is 22.7 Å². The van der Waals surface area contributed by atoms with Crippen molar-refractivity contribution in [3.05, 3.63) is 75.8 Å². The zero-order valence-electron chi connectivity index (χ0n) is 18.0. The number of carbonyl (C=O) groups excluding carboxylic acids is 2. The van der Waals surface area contributed by atoms with Crippen LogP contribution in [0.15, 0.2) is 59.1 Å². The molecule has 1 fully saturated rings. The molecular formula is C24H26N2O5S. The highest BCUT2D eigenvalue weighted by atomic mass is 32.2. The van der Waals surface area contributed by atoms with Crippen LogP contribution in [0.25, 0.3) is 0 Å². The van der Waals surface area contributed by atoms with Crippen molar-refractivity contribution in [1.82, 2.24) is 4.90 Å². The van der Waals surface area contributed by atoms with Crippen molar-refractivity contribution in [1.29, 1.82) is 0 Å². The minimum Gasteiger partial charge on any atom is -0.378 e. The summed E-state index contributed by atoms with van der Waals surface area (Å²) < 4.78 is 34.7. The van der Waals surface area contributed by atoms with Crippen LogP contribution in [0.2, 0.25) is 0 Å². The van der Waals surface area contributed by atoms with Crippen LogP contribution >= 0.6 is 0 Å². The Morgan fingerprint density at radius 2 is 1.56 bits per heavy atom. The first-order valence-electron chi connectivity index (χ1n) is 10.8. The van der Waals surface area contributed by atoms with Gasteiger partial charge in [-0.25, -0.2) is 8.42 Å². The van der Waals surface area contributed by atoms with Crippen LogP contribution in [-0.4, -0.2) is 51.2 Å². The van der Waals surface area contributed by atoms with E-state index in [1.54, 1.807) is 35.2 Å². The van der Waals surface area contributed by atoms with Gasteiger partial charge in [0.2, 0.25) is 11.6 Å². The predicted octanol–water partition coefficient (Wildman–Crippen LogP) is 3.39. The van der Waals surface area contributed by atoms with Crippen LogP contribution in [0.4, 0.5) is 5.69 Å². The quantitative estimate of drug-likeness (QED) is 0.689. The molecule has 0 saturated carbocycles. The van der Waals surface area contributed by atoms with E-state index in [4.69, 9.17) is 4.74 Å². The lowest BCUT2D eigenvalue weighted by molar-refractivity contribution is 0.0499. The fraction of sp³-hybridized carbons (Fsp3) is 0.333. The molecule has 2 aromatic carbocycles. The second kappa shape index (κ2) is 9.26. The van der Waals surface area contributed by atoms with Gasteiger partial charge in [0.05, 0.1) is 13.2 Å². The molecule has 7 nitrogen and oxygen atoms in total. The van der Waals surface area contributed by atoms with Gasteiger partial charge < -0.3 is 9.64 Å². The molecule has 0 unspecified atom stereocenters. The van der Waals surface area contributed by atoms with E-state index in [0.29, 0.717) is 32.0 Å². The summed E-state index contributed by atoms with van der Waals surface area (Å²) in [4.78, 5) is 27.8. The van der Waals surface area contributed by atoms with Gasteiger partial charge in [0.25, 0.3) is 10.0 Å². The van der Waals surface area contributed by atoms with E-state index in [9.17, 15) is 18.0 Å². The largest absolute Gasteiger partial charge is 0.378 e. The lowest BCUT2D eigenvalue weighted by Gasteiger charge is -2.33. The number of aryl methyl sites for hydroxylation is 1. The van der Waals surface area contributed by atoms with Crippen molar-refractivity contribution in [2.75, 3.05) is 31.0 Å². The van der Waals surface area contributed by atoms with E-state index in [-0.39, 0.29) is 16.8 Å². The first-order chi connectivity index (χ1) is 15.4. The number of Topliss-reactive ketones (excluding diaryl/α,β-unsaturated/α-hetero) is 2.